The molecule has 1 aliphatic rings. The lowest BCUT2D eigenvalue weighted by Crippen LogP contribution is -2.08. The zero-order valence-electron chi connectivity index (χ0n) is 9.46. The van der Waals surface area contributed by atoms with Gasteiger partial charge in [-0.15, -0.1) is 0 Å². The largest absolute Gasteiger partial charge is 0.357 e. The molecule has 86 valence electrons. The van der Waals surface area contributed by atoms with Crippen LogP contribution in [0.15, 0.2) is 18.2 Å². The molecule has 2 nitrogen and oxygen atoms in total. The molecule has 0 amide bonds. The summed E-state index contributed by atoms with van der Waals surface area (Å²) in [6.07, 6.45) is 3.94. The lowest BCUT2D eigenvalue weighted by atomic mass is 9.83. The predicted octanol–water partition coefficient (Wildman–Crippen LogP) is 4.15. The number of benzene rings is 1. The van der Waals surface area contributed by atoms with E-state index in [2.05, 4.69) is 17.1 Å². The van der Waals surface area contributed by atoms with Crippen molar-refractivity contribution in [2.75, 3.05) is 0 Å². The Morgan fingerprint density at radius 1 is 1.47 bits per heavy atom. The van der Waals surface area contributed by atoms with Crippen LogP contribution in [0.2, 0.25) is 5.02 Å². The van der Waals surface area contributed by atoms with Crippen LogP contribution in [0, 0.1) is 11.3 Å². The van der Waals surface area contributed by atoms with Gasteiger partial charge in [-0.3, -0.25) is 0 Å². The van der Waals surface area contributed by atoms with E-state index in [1.807, 2.05) is 12.1 Å². The van der Waals surface area contributed by atoms with Crippen LogP contribution < -0.4 is 0 Å². The number of hydrogen-bond acceptors (Lipinski definition) is 1. The Balaban J connectivity index is 2.25. The highest BCUT2D eigenvalue weighted by Crippen LogP contribution is 2.40. The molecular formula is C14H13ClN2. The highest BCUT2D eigenvalue weighted by atomic mass is 35.5. The van der Waals surface area contributed by atoms with Crippen molar-refractivity contribution in [1.82, 2.24) is 4.98 Å². The molecule has 0 saturated heterocycles. The Labute approximate surface area is 105 Å². The maximum atomic E-state index is 8.92. The van der Waals surface area contributed by atoms with Gasteiger partial charge in [-0.05, 0) is 36.8 Å². The lowest BCUT2D eigenvalue weighted by Gasteiger charge is -2.20. The maximum absolute atomic E-state index is 8.92. The van der Waals surface area contributed by atoms with E-state index < -0.39 is 0 Å². The third-order valence-corrected chi connectivity index (χ3v) is 3.95. The zero-order valence-corrected chi connectivity index (χ0v) is 10.2. The quantitative estimate of drug-likeness (QED) is 0.804. The summed E-state index contributed by atoms with van der Waals surface area (Å²) < 4.78 is 0. The molecule has 1 unspecified atom stereocenters. The molecule has 1 aliphatic carbocycles. The van der Waals surface area contributed by atoms with Gasteiger partial charge >= 0.3 is 0 Å². The molecule has 1 atom stereocenters. The first-order valence-electron chi connectivity index (χ1n) is 5.97. The van der Waals surface area contributed by atoms with Crippen LogP contribution in [-0.2, 0) is 6.42 Å². The molecule has 17 heavy (non-hydrogen) atoms. The van der Waals surface area contributed by atoms with Crippen molar-refractivity contribution in [3.8, 4) is 6.07 Å². The number of aromatic amines is 1. The van der Waals surface area contributed by atoms with Crippen LogP contribution in [-0.4, -0.2) is 4.98 Å². The normalized spacial score (nSPS) is 18.9. The fourth-order valence-electron chi connectivity index (χ4n) is 2.90. The van der Waals surface area contributed by atoms with Gasteiger partial charge < -0.3 is 4.98 Å². The molecule has 3 heteroatoms. The standard InChI is InChI=1S/C14H13ClN2/c15-11-5-2-4-10-13-9(7-8-16)3-1-6-12(13)17-14(10)11/h2,4-5,9,17H,1,3,6-7H2. The molecule has 1 heterocycles. The van der Waals surface area contributed by atoms with Crippen LogP contribution in [0.4, 0.5) is 0 Å². The summed E-state index contributed by atoms with van der Waals surface area (Å²) in [5.74, 6) is 0.371. The molecule has 0 bridgehead atoms. The molecule has 0 aliphatic heterocycles. The SMILES string of the molecule is N#CCC1CCCc2[nH]c3c(Cl)cccc3c21. The molecule has 0 spiro atoms. The Hall–Kier alpha value is -1.46. The molecule has 0 saturated carbocycles. The Kier molecular flexibility index (Phi) is 2.57. The van der Waals surface area contributed by atoms with Crippen molar-refractivity contribution < 1.29 is 0 Å². The van der Waals surface area contributed by atoms with Crippen molar-refractivity contribution in [3.63, 3.8) is 0 Å². The van der Waals surface area contributed by atoms with Gasteiger partial charge in [-0.25, -0.2) is 0 Å². The van der Waals surface area contributed by atoms with E-state index in [1.54, 1.807) is 0 Å². The second-order valence-corrected chi connectivity index (χ2v) is 5.04. The van der Waals surface area contributed by atoms with E-state index in [9.17, 15) is 0 Å². The number of aryl methyl sites for hydroxylation is 1. The number of nitrogens with zero attached hydrogens (tertiary/aromatic N) is 1. The summed E-state index contributed by atoms with van der Waals surface area (Å²) in [6, 6.07) is 8.29. The number of nitriles is 1. The molecule has 1 N–H and O–H groups in total. The number of hydrogen-bond donors (Lipinski definition) is 1. The molecule has 2 aromatic rings. The molecule has 3 rings (SSSR count). The first-order chi connectivity index (χ1) is 8.31. The topological polar surface area (TPSA) is 39.6 Å². The summed E-state index contributed by atoms with van der Waals surface area (Å²) in [5.41, 5.74) is 3.64. The van der Waals surface area contributed by atoms with E-state index in [0.717, 1.165) is 29.8 Å². The van der Waals surface area contributed by atoms with Gasteiger partial charge in [0.2, 0.25) is 0 Å². The summed E-state index contributed by atoms with van der Waals surface area (Å²) in [4.78, 5) is 3.43. The minimum atomic E-state index is 0.371. The average molecular weight is 245 g/mol. The zero-order chi connectivity index (χ0) is 11.8. The van der Waals surface area contributed by atoms with E-state index in [4.69, 9.17) is 16.9 Å². The minimum absolute atomic E-state index is 0.371. The average Bonchev–Trinajstić information content (AvgIpc) is 2.71. The number of fused-ring (bicyclic) bond motifs is 3. The van der Waals surface area contributed by atoms with Crippen LogP contribution in [0.5, 0.6) is 0 Å². The van der Waals surface area contributed by atoms with Crippen molar-refractivity contribution in [2.45, 2.75) is 31.6 Å². The molecule has 0 radical (unpaired) electrons. The lowest BCUT2D eigenvalue weighted by molar-refractivity contribution is 0.561. The summed E-state index contributed by atoms with van der Waals surface area (Å²) >= 11 is 6.21. The molecule has 1 aromatic carbocycles. The molecule has 0 fully saturated rings. The summed E-state index contributed by atoms with van der Waals surface area (Å²) in [7, 11) is 0. The van der Waals surface area contributed by atoms with E-state index in [-0.39, 0.29) is 0 Å². The second kappa shape index (κ2) is 4.09. The first kappa shape index (κ1) is 10.7. The third-order valence-electron chi connectivity index (χ3n) is 3.63. The monoisotopic (exact) mass is 244 g/mol. The van der Waals surface area contributed by atoms with Crippen molar-refractivity contribution in [3.05, 3.63) is 34.5 Å². The highest BCUT2D eigenvalue weighted by Gasteiger charge is 2.24. The number of halogens is 1. The second-order valence-electron chi connectivity index (χ2n) is 4.63. The van der Waals surface area contributed by atoms with Gasteiger partial charge in [0, 0.05) is 17.5 Å². The summed E-state index contributed by atoms with van der Waals surface area (Å²) in [6.45, 7) is 0. The number of rotatable bonds is 1. The van der Waals surface area contributed by atoms with Crippen molar-refractivity contribution in [1.29, 1.82) is 5.26 Å². The van der Waals surface area contributed by atoms with Crippen LogP contribution in [0.25, 0.3) is 10.9 Å². The number of nitrogens with one attached hydrogen (secondary N) is 1. The highest BCUT2D eigenvalue weighted by molar-refractivity contribution is 6.35. The number of H-pyrrole nitrogens is 1. The van der Waals surface area contributed by atoms with Gasteiger partial charge in [-0.1, -0.05) is 23.7 Å². The van der Waals surface area contributed by atoms with Crippen molar-refractivity contribution >= 4 is 22.5 Å². The van der Waals surface area contributed by atoms with Gasteiger partial charge in [0.15, 0.2) is 0 Å². The van der Waals surface area contributed by atoms with Crippen LogP contribution >= 0.6 is 11.6 Å². The number of para-hydroxylation sites is 1. The van der Waals surface area contributed by atoms with Gasteiger partial charge in [-0.2, -0.15) is 5.26 Å². The third kappa shape index (κ3) is 1.62. The maximum Gasteiger partial charge on any atom is 0.0648 e. The predicted molar refractivity (Wildman–Crippen MR) is 69.2 cm³/mol. The summed E-state index contributed by atoms with van der Waals surface area (Å²) in [5, 5.41) is 10.9. The molecular weight excluding hydrogens is 232 g/mol. The fraction of sp³-hybridized carbons (Fsp3) is 0.357. The first-order valence-corrected chi connectivity index (χ1v) is 6.35. The van der Waals surface area contributed by atoms with Crippen LogP contribution in [0.1, 0.15) is 36.4 Å². The smallest absolute Gasteiger partial charge is 0.0648 e. The van der Waals surface area contributed by atoms with Crippen LogP contribution in [0.3, 0.4) is 0 Å². The Bertz CT molecular complexity index is 606. The van der Waals surface area contributed by atoms with E-state index in [0.29, 0.717) is 12.3 Å². The number of aromatic nitrogens is 1. The Morgan fingerprint density at radius 2 is 2.35 bits per heavy atom. The molecule has 1 aromatic heterocycles. The minimum Gasteiger partial charge on any atom is -0.357 e. The fourth-order valence-corrected chi connectivity index (χ4v) is 3.13. The van der Waals surface area contributed by atoms with Gasteiger partial charge in [0.25, 0.3) is 0 Å². The van der Waals surface area contributed by atoms with Gasteiger partial charge in [0.1, 0.15) is 0 Å². The van der Waals surface area contributed by atoms with E-state index in [1.165, 1.54) is 16.6 Å². The van der Waals surface area contributed by atoms with E-state index >= 15 is 0 Å². The van der Waals surface area contributed by atoms with Gasteiger partial charge in [0.05, 0.1) is 16.6 Å². The Morgan fingerprint density at radius 3 is 3.18 bits per heavy atom. The van der Waals surface area contributed by atoms with Crippen molar-refractivity contribution in [2.24, 2.45) is 0 Å².